The summed E-state index contributed by atoms with van der Waals surface area (Å²) >= 11 is 1.72. The van der Waals surface area contributed by atoms with Crippen molar-refractivity contribution in [3.05, 3.63) is 12.7 Å². The van der Waals surface area contributed by atoms with Crippen LogP contribution < -0.4 is 5.32 Å². The van der Waals surface area contributed by atoms with Gasteiger partial charge in [-0.15, -0.1) is 0 Å². The molecule has 4 atom stereocenters. The van der Waals surface area contributed by atoms with Crippen LogP contribution in [-0.2, 0) is 9.59 Å². The Bertz CT molecular complexity index is 480. The first-order chi connectivity index (χ1) is 11.1. The lowest BCUT2D eigenvalue weighted by Crippen LogP contribution is -2.51. The fourth-order valence-corrected chi connectivity index (χ4v) is 4.68. The number of carboxylic acid groups (broad SMARTS) is 2. The van der Waals surface area contributed by atoms with Gasteiger partial charge in [-0.05, 0) is 54.4 Å². The van der Waals surface area contributed by atoms with Gasteiger partial charge in [-0.1, -0.05) is 27.4 Å². The second kappa shape index (κ2) is 8.39. The highest BCUT2D eigenvalue weighted by molar-refractivity contribution is 7.98. The highest BCUT2D eigenvalue weighted by atomic mass is 32.2. The first-order valence-electron chi connectivity index (χ1n) is 8.43. The maximum absolute atomic E-state index is 11.4. The standard InChI is InChI=1S/C15H27NO2S.C3H4O2/c1-14(2)10-5-7-15(14,3)12(9-10)16-11(13(17)18)6-8-19-4;1-2-3(4)5/h10-12,16H,5-9H2,1-4H3,(H,17,18);2H,1H2,(H,4,5)/t10?,11-,12?,15?;/m0./s1. The summed E-state index contributed by atoms with van der Waals surface area (Å²) in [5.41, 5.74) is 0.595. The molecule has 0 aromatic carbocycles. The van der Waals surface area contributed by atoms with Gasteiger partial charge in [0.25, 0.3) is 0 Å². The molecule has 2 saturated carbocycles. The van der Waals surface area contributed by atoms with Crippen molar-refractivity contribution in [1.82, 2.24) is 5.32 Å². The fourth-order valence-electron chi connectivity index (χ4n) is 4.21. The zero-order valence-corrected chi connectivity index (χ0v) is 16.0. The van der Waals surface area contributed by atoms with E-state index < -0.39 is 11.9 Å². The van der Waals surface area contributed by atoms with Gasteiger partial charge in [0, 0.05) is 12.1 Å². The maximum Gasteiger partial charge on any atom is 0.327 e. The van der Waals surface area contributed by atoms with Gasteiger partial charge in [-0.3, -0.25) is 4.79 Å². The summed E-state index contributed by atoms with van der Waals surface area (Å²) in [5, 5.41) is 20.4. The van der Waals surface area contributed by atoms with Gasteiger partial charge in [-0.2, -0.15) is 11.8 Å². The molecule has 2 rings (SSSR count). The molecule has 0 radical (unpaired) electrons. The zero-order chi connectivity index (χ0) is 18.5. The Hall–Kier alpha value is -1.01. The van der Waals surface area contributed by atoms with Crippen LogP contribution in [0, 0.1) is 16.7 Å². The number of carboxylic acids is 2. The Morgan fingerprint density at radius 3 is 2.29 bits per heavy atom. The van der Waals surface area contributed by atoms with Crippen LogP contribution in [0.3, 0.4) is 0 Å². The molecular formula is C18H31NO4S. The van der Waals surface area contributed by atoms with Crippen molar-refractivity contribution in [2.24, 2.45) is 16.7 Å². The zero-order valence-electron chi connectivity index (χ0n) is 15.2. The molecule has 6 heteroatoms. The Morgan fingerprint density at radius 2 is 1.96 bits per heavy atom. The molecule has 3 N–H and O–H groups in total. The van der Waals surface area contributed by atoms with E-state index in [0.717, 1.165) is 24.2 Å². The molecule has 0 spiro atoms. The normalized spacial score (nSPS) is 31.0. The molecule has 2 aliphatic rings. The van der Waals surface area contributed by atoms with Crippen LogP contribution in [0.5, 0.6) is 0 Å². The molecule has 2 bridgehead atoms. The smallest absolute Gasteiger partial charge is 0.327 e. The minimum Gasteiger partial charge on any atom is -0.480 e. The lowest BCUT2D eigenvalue weighted by atomic mass is 9.69. The third kappa shape index (κ3) is 4.33. The Kier molecular flexibility index (Phi) is 7.35. The summed E-state index contributed by atoms with van der Waals surface area (Å²) in [7, 11) is 0. The molecule has 0 heterocycles. The average Bonchev–Trinajstić information content (AvgIpc) is 2.84. The van der Waals surface area contributed by atoms with E-state index in [2.05, 4.69) is 32.7 Å². The van der Waals surface area contributed by atoms with Crippen molar-refractivity contribution in [2.75, 3.05) is 12.0 Å². The first-order valence-corrected chi connectivity index (χ1v) is 9.82. The molecular weight excluding hydrogens is 326 g/mol. The molecule has 24 heavy (non-hydrogen) atoms. The minimum atomic E-state index is -0.981. The summed E-state index contributed by atoms with van der Waals surface area (Å²) < 4.78 is 0. The van der Waals surface area contributed by atoms with Crippen molar-refractivity contribution in [3.8, 4) is 0 Å². The van der Waals surface area contributed by atoms with Crippen molar-refractivity contribution in [3.63, 3.8) is 0 Å². The lowest BCUT2D eigenvalue weighted by Gasteiger charge is -2.40. The summed E-state index contributed by atoms with van der Waals surface area (Å²) in [5.74, 6) is -0.0199. The van der Waals surface area contributed by atoms with Crippen molar-refractivity contribution in [2.45, 2.75) is 58.5 Å². The van der Waals surface area contributed by atoms with Crippen molar-refractivity contribution >= 4 is 23.7 Å². The van der Waals surface area contributed by atoms with Crippen LogP contribution in [-0.4, -0.2) is 46.2 Å². The van der Waals surface area contributed by atoms with Crippen LogP contribution >= 0.6 is 11.8 Å². The molecule has 0 aromatic rings. The second-order valence-corrected chi connectivity index (χ2v) is 8.53. The van der Waals surface area contributed by atoms with Gasteiger partial charge in [0.15, 0.2) is 0 Å². The Morgan fingerprint density at radius 1 is 1.38 bits per heavy atom. The number of hydrogen-bond donors (Lipinski definition) is 3. The first kappa shape index (κ1) is 21.0. The minimum absolute atomic E-state index is 0.255. The van der Waals surface area contributed by atoms with E-state index in [1.165, 1.54) is 12.8 Å². The van der Waals surface area contributed by atoms with E-state index >= 15 is 0 Å². The Balaban J connectivity index is 0.000000505. The number of aliphatic carboxylic acids is 2. The SMILES string of the molecule is C=CC(=O)O.CSCC[C@H](NC1CC2CCC1(C)C2(C)C)C(=O)O. The molecule has 5 nitrogen and oxygen atoms in total. The van der Waals surface area contributed by atoms with E-state index in [4.69, 9.17) is 5.11 Å². The van der Waals surface area contributed by atoms with Crippen LogP contribution in [0.25, 0.3) is 0 Å². The molecule has 0 aromatic heterocycles. The predicted molar refractivity (Wildman–Crippen MR) is 98.4 cm³/mol. The topological polar surface area (TPSA) is 86.6 Å². The third-order valence-electron chi connectivity index (χ3n) is 6.28. The molecule has 2 fully saturated rings. The fraction of sp³-hybridized carbons (Fsp3) is 0.778. The van der Waals surface area contributed by atoms with E-state index in [1.54, 1.807) is 11.8 Å². The van der Waals surface area contributed by atoms with Crippen LogP contribution in [0.15, 0.2) is 12.7 Å². The summed E-state index contributed by atoms with van der Waals surface area (Å²) in [6.45, 7) is 10.0. The predicted octanol–water partition coefficient (Wildman–Crippen LogP) is 3.25. The summed E-state index contributed by atoms with van der Waals surface area (Å²) in [4.78, 5) is 20.6. The van der Waals surface area contributed by atoms with Gasteiger partial charge in [0.1, 0.15) is 6.04 Å². The molecule has 0 saturated heterocycles. The molecule has 138 valence electrons. The van der Waals surface area contributed by atoms with Crippen LogP contribution in [0.2, 0.25) is 0 Å². The average molecular weight is 358 g/mol. The molecule has 0 amide bonds. The van der Waals surface area contributed by atoms with Gasteiger partial charge in [0.2, 0.25) is 0 Å². The van der Waals surface area contributed by atoms with Gasteiger partial charge in [0.05, 0.1) is 0 Å². The highest BCUT2D eigenvalue weighted by Crippen LogP contribution is 2.65. The van der Waals surface area contributed by atoms with Crippen LogP contribution in [0.1, 0.15) is 46.5 Å². The Labute approximate surface area is 149 Å². The number of fused-ring (bicyclic) bond motifs is 2. The number of hydrogen-bond acceptors (Lipinski definition) is 4. The van der Waals surface area contributed by atoms with E-state index in [1.807, 2.05) is 6.26 Å². The second-order valence-electron chi connectivity index (χ2n) is 7.54. The maximum atomic E-state index is 11.4. The number of nitrogens with one attached hydrogen (secondary N) is 1. The van der Waals surface area contributed by atoms with Crippen molar-refractivity contribution in [1.29, 1.82) is 0 Å². The van der Waals surface area contributed by atoms with E-state index in [-0.39, 0.29) is 11.5 Å². The summed E-state index contributed by atoms with van der Waals surface area (Å²) in [6.07, 6.45) is 7.27. The van der Waals surface area contributed by atoms with Crippen LogP contribution in [0.4, 0.5) is 0 Å². The lowest BCUT2D eigenvalue weighted by molar-refractivity contribution is -0.140. The highest BCUT2D eigenvalue weighted by Gasteiger charge is 2.61. The third-order valence-corrected chi connectivity index (χ3v) is 6.92. The number of thioether (sulfide) groups is 1. The molecule has 0 aliphatic heterocycles. The van der Waals surface area contributed by atoms with E-state index in [9.17, 15) is 14.7 Å². The molecule has 3 unspecified atom stereocenters. The van der Waals surface area contributed by atoms with Crippen molar-refractivity contribution < 1.29 is 19.8 Å². The monoisotopic (exact) mass is 357 g/mol. The van der Waals surface area contributed by atoms with Gasteiger partial charge < -0.3 is 15.5 Å². The number of carbonyl (C=O) groups is 2. The molecule has 2 aliphatic carbocycles. The van der Waals surface area contributed by atoms with E-state index in [0.29, 0.717) is 17.9 Å². The summed E-state index contributed by atoms with van der Waals surface area (Å²) in [6, 6.07) is -0.0198. The van der Waals surface area contributed by atoms with Gasteiger partial charge in [-0.25, -0.2) is 4.79 Å². The quantitative estimate of drug-likeness (QED) is 0.606. The van der Waals surface area contributed by atoms with Gasteiger partial charge >= 0.3 is 11.9 Å². The largest absolute Gasteiger partial charge is 0.480 e. The number of rotatable bonds is 7.